The molecule has 1 aliphatic carbocycles. The number of carbonyl (C=O) groups is 4. The summed E-state index contributed by atoms with van der Waals surface area (Å²) in [7, 11) is 0. The highest BCUT2D eigenvalue weighted by Crippen LogP contribution is 2.40. The van der Waals surface area contributed by atoms with Crippen molar-refractivity contribution in [3.63, 3.8) is 0 Å². The first kappa shape index (κ1) is 23.0. The van der Waals surface area contributed by atoms with E-state index >= 15 is 0 Å². The summed E-state index contributed by atoms with van der Waals surface area (Å²) in [6.07, 6.45) is 4.63. The molecule has 0 saturated carbocycles. The molecule has 7 heteroatoms. The number of aryl methyl sites for hydroxylation is 1. The van der Waals surface area contributed by atoms with Gasteiger partial charge in [-0.25, -0.2) is 0 Å². The van der Waals surface area contributed by atoms with Crippen LogP contribution in [-0.4, -0.2) is 30.2 Å². The van der Waals surface area contributed by atoms with Crippen LogP contribution in [0.3, 0.4) is 0 Å². The summed E-state index contributed by atoms with van der Waals surface area (Å²) in [5, 5.41) is 0. The molecule has 0 aromatic heterocycles. The molecule has 0 N–H and O–H groups in total. The highest BCUT2D eigenvalue weighted by atomic mass is 16.5. The monoisotopic (exact) mass is 472 g/mol. The highest BCUT2D eigenvalue weighted by molar-refractivity contribution is 6.22. The Kier molecular flexibility index (Phi) is 5.79. The Bertz CT molecular complexity index is 1250. The molecular formula is C28H28N2O5. The summed E-state index contributed by atoms with van der Waals surface area (Å²) in [5.41, 5.74) is 3.39. The van der Waals surface area contributed by atoms with Crippen LogP contribution in [0, 0.1) is 37.5 Å². The molecule has 4 atom stereocenters. The SMILES string of the molecule is Cc1cccc(N2C[C@H](C(=O)Oc3ccc(N4C(=O)[C@@H]5[C@@H](C)C=CC[C@H]5C4=O)cc3)CC2=O)c1C. The second-order valence-corrected chi connectivity index (χ2v) is 9.71. The lowest BCUT2D eigenvalue weighted by Gasteiger charge is -2.22. The third-order valence-corrected chi connectivity index (χ3v) is 7.51. The molecule has 3 amide bonds. The number of nitrogens with zero attached hydrogens (tertiary/aromatic N) is 2. The number of ether oxygens (including phenoxy) is 1. The third-order valence-electron chi connectivity index (χ3n) is 7.51. The second kappa shape index (κ2) is 8.80. The number of imide groups is 1. The van der Waals surface area contributed by atoms with Crippen molar-refractivity contribution in [3.05, 3.63) is 65.7 Å². The molecule has 2 heterocycles. The molecule has 2 saturated heterocycles. The van der Waals surface area contributed by atoms with Crippen molar-refractivity contribution in [1.29, 1.82) is 0 Å². The molecular weight excluding hydrogens is 444 g/mol. The number of allylic oxidation sites excluding steroid dienone is 2. The number of anilines is 2. The van der Waals surface area contributed by atoms with Crippen LogP contribution in [0.5, 0.6) is 5.75 Å². The van der Waals surface area contributed by atoms with Gasteiger partial charge < -0.3 is 9.64 Å². The van der Waals surface area contributed by atoms with E-state index in [1.165, 1.54) is 4.90 Å². The van der Waals surface area contributed by atoms with E-state index in [0.29, 0.717) is 17.9 Å². The standard InChI is InChI=1S/C28H28N2O5/c1-16-6-5-9-23(18(16)3)29-15-19(14-24(29)31)28(34)35-21-12-10-20(11-13-21)30-26(32)22-8-4-7-17(2)25(22)27(30)33/h4-7,9-13,17,19,22,25H,8,14-15H2,1-3H3/t17-,19+,22+,25+/m0/s1. The normalized spacial score (nSPS) is 25.9. The van der Waals surface area contributed by atoms with Gasteiger partial charge in [-0.2, -0.15) is 0 Å². The van der Waals surface area contributed by atoms with Crippen LogP contribution in [0.15, 0.2) is 54.6 Å². The van der Waals surface area contributed by atoms with Gasteiger partial charge in [-0.15, -0.1) is 0 Å². The molecule has 2 aliphatic heterocycles. The number of fused-ring (bicyclic) bond motifs is 1. The number of hydrogen-bond acceptors (Lipinski definition) is 5. The van der Waals surface area contributed by atoms with E-state index in [-0.39, 0.29) is 48.4 Å². The van der Waals surface area contributed by atoms with Crippen molar-refractivity contribution in [2.45, 2.75) is 33.6 Å². The molecule has 35 heavy (non-hydrogen) atoms. The molecule has 0 spiro atoms. The van der Waals surface area contributed by atoms with Gasteiger partial charge in [0.15, 0.2) is 0 Å². The van der Waals surface area contributed by atoms with Crippen molar-refractivity contribution < 1.29 is 23.9 Å². The fourth-order valence-corrected chi connectivity index (χ4v) is 5.39. The van der Waals surface area contributed by atoms with Gasteiger partial charge in [-0.1, -0.05) is 31.2 Å². The summed E-state index contributed by atoms with van der Waals surface area (Å²) in [6.45, 7) is 6.18. The van der Waals surface area contributed by atoms with E-state index in [1.807, 2.05) is 51.1 Å². The zero-order chi connectivity index (χ0) is 24.9. The Labute approximate surface area is 204 Å². The zero-order valence-corrected chi connectivity index (χ0v) is 20.1. The molecule has 180 valence electrons. The van der Waals surface area contributed by atoms with Crippen LogP contribution >= 0.6 is 0 Å². The van der Waals surface area contributed by atoms with Gasteiger partial charge in [0.25, 0.3) is 0 Å². The summed E-state index contributed by atoms with van der Waals surface area (Å²) in [4.78, 5) is 54.2. The van der Waals surface area contributed by atoms with Gasteiger partial charge in [0, 0.05) is 18.7 Å². The predicted molar refractivity (Wildman–Crippen MR) is 131 cm³/mol. The van der Waals surface area contributed by atoms with Crippen LogP contribution in [0.25, 0.3) is 0 Å². The van der Waals surface area contributed by atoms with E-state index in [1.54, 1.807) is 29.2 Å². The minimum atomic E-state index is -0.569. The fourth-order valence-electron chi connectivity index (χ4n) is 5.39. The summed E-state index contributed by atoms with van der Waals surface area (Å²) >= 11 is 0. The molecule has 0 unspecified atom stereocenters. The third kappa shape index (κ3) is 3.95. The summed E-state index contributed by atoms with van der Waals surface area (Å²) in [6, 6.07) is 12.2. The molecule has 2 aromatic rings. The Morgan fingerprint density at radius 2 is 1.74 bits per heavy atom. The van der Waals surface area contributed by atoms with Crippen molar-refractivity contribution in [1.82, 2.24) is 0 Å². The molecule has 7 nitrogen and oxygen atoms in total. The number of hydrogen-bond donors (Lipinski definition) is 0. The largest absolute Gasteiger partial charge is 0.426 e. The smallest absolute Gasteiger partial charge is 0.316 e. The van der Waals surface area contributed by atoms with E-state index in [9.17, 15) is 19.2 Å². The van der Waals surface area contributed by atoms with Gasteiger partial charge in [0.2, 0.25) is 17.7 Å². The zero-order valence-electron chi connectivity index (χ0n) is 20.1. The number of rotatable bonds is 4. The molecule has 0 bridgehead atoms. The average Bonchev–Trinajstić information content (AvgIpc) is 3.34. The summed E-state index contributed by atoms with van der Waals surface area (Å²) in [5.74, 6) is -1.83. The van der Waals surface area contributed by atoms with E-state index in [0.717, 1.165) is 16.8 Å². The first-order valence-corrected chi connectivity index (χ1v) is 12.0. The Hall–Kier alpha value is -3.74. The lowest BCUT2D eigenvalue weighted by molar-refractivity contribution is -0.139. The highest BCUT2D eigenvalue weighted by Gasteiger charge is 2.50. The molecule has 3 aliphatic rings. The predicted octanol–water partition coefficient (Wildman–Crippen LogP) is 3.96. The van der Waals surface area contributed by atoms with Crippen molar-refractivity contribution >= 4 is 35.1 Å². The fraction of sp³-hybridized carbons (Fsp3) is 0.357. The van der Waals surface area contributed by atoms with E-state index in [2.05, 4.69) is 0 Å². The Balaban J connectivity index is 1.26. The minimum Gasteiger partial charge on any atom is -0.426 e. The number of benzene rings is 2. The van der Waals surface area contributed by atoms with Crippen LogP contribution in [0.2, 0.25) is 0 Å². The maximum absolute atomic E-state index is 13.0. The van der Waals surface area contributed by atoms with Crippen molar-refractivity contribution in [2.75, 3.05) is 16.3 Å². The Morgan fingerprint density at radius 1 is 1.00 bits per heavy atom. The maximum Gasteiger partial charge on any atom is 0.316 e. The van der Waals surface area contributed by atoms with Gasteiger partial charge >= 0.3 is 5.97 Å². The second-order valence-electron chi connectivity index (χ2n) is 9.71. The maximum atomic E-state index is 13.0. The van der Waals surface area contributed by atoms with Crippen LogP contribution in [0.4, 0.5) is 11.4 Å². The number of amides is 3. The molecule has 5 rings (SSSR count). The number of esters is 1. The van der Waals surface area contributed by atoms with Gasteiger partial charge in [-0.05, 0) is 67.6 Å². The van der Waals surface area contributed by atoms with Crippen molar-refractivity contribution in [3.8, 4) is 5.75 Å². The van der Waals surface area contributed by atoms with Crippen molar-refractivity contribution in [2.24, 2.45) is 23.7 Å². The van der Waals surface area contributed by atoms with Gasteiger partial charge in [0.05, 0.1) is 23.4 Å². The van der Waals surface area contributed by atoms with E-state index < -0.39 is 11.9 Å². The molecule has 2 fully saturated rings. The van der Waals surface area contributed by atoms with Gasteiger partial charge in [-0.3, -0.25) is 24.1 Å². The first-order chi connectivity index (χ1) is 16.8. The summed E-state index contributed by atoms with van der Waals surface area (Å²) < 4.78 is 5.55. The minimum absolute atomic E-state index is 0.0210. The lowest BCUT2D eigenvalue weighted by atomic mass is 9.78. The quantitative estimate of drug-likeness (QED) is 0.291. The molecule has 0 radical (unpaired) electrons. The molecule has 2 aromatic carbocycles. The van der Waals surface area contributed by atoms with Crippen LogP contribution < -0.4 is 14.5 Å². The van der Waals surface area contributed by atoms with Crippen LogP contribution in [-0.2, 0) is 19.2 Å². The lowest BCUT2D eigenvalue weighted by Crippen LogP contribution is -2.31. The topological polar surface area (TPSA) is 84.0 Å². The van der Waals surface area contributed by atoms with E-state index in [4.69, 9.17) is 4.74 Å². The number of carbonyl (C=O) groups excluding carboxylic acids is 4. The first-order valence-electron chi connectivity index (χ1n) is 12.0. The average molecular weight is 473 g/mol. The van der Waals surface area contributed by atoms with Gasteiger partial charge in [0.1, 0.15) is 5.75 Å². The van der Waals surface area contributed by atoms with Crippen LogP contribution in [0.1, 0.15) is 30.9 Å². The Morgan fingerprint density at radius 3 is 2.46 bits per heavy atom.